The molecule has 3 fully saturated rings. The lowest BCUT2D eigenvalue weighted by Gasteiger charge is -2.36. The SMILES string of the molecule is CC(C)(C)OC(=O)N1CC[C@@H](c2nc3ccccc3n2C2CCN(CC3CCCCCCC3)CC2)C1. The fraction of sp³-hybridized carbons (Fsp3) is 0.733. The number of nitrogens with zero attached hydrogens (tertiary/aromatic N) is 4. The minimum Gasteiger partial charge on any atom is -0.444 e. The van der Waals surface area contributed by atoms with Crippen LogP contribution in [0.15, 0.2) is 24.3 Å². The summed E-state index contributed by atoms with van der Waals surface area (Å²) in [6.07, 6.45) is 13.1. The maximum absolute atomic E-state index is 12.7. The molecule has 1 aromatic carbocycles. The van der Waals surface area contributed by atoms with E-state index in [9.17, 15) is 4.79 Å². The summed E-state index contributed by atoms with van der Waals surface area (Å²) in [6.45, 7) is 10.9. The van der Waals surface area contributed by atoms with Gasteiger partial charge in [-0.3, -0.25) is 0 Å². The van der Waals surface area contributed by atoms with Crippen molar-refractivity contribution in [3.8, 4) is 0 Å². The van der Waals surface area contributed by atoms with Crippen molar-refractivity contribution in [2.75, 3.05) is 32.7 Å². The molecule has 3 aliphatic rings. The molecule has 0 N–H and O–H groups in total. The second-order valence-corrected chi connectivity index (χ2v) is 12.5. The number of likely N-dealkylation sites (tertiary alicyclic amines) is 2. The first kappa shape index (κ1) is 25.6. The highest BCUT2D eigenvalue weighted by Crippen LogP contribution is 2.36. The van der Waals surface area contributed by atoms with Crippen molar-refractivity contribution < 1.29 is 9.53 Å². The van der Waals surface area contributed by atoms with Crippen LogP contribution in [0, 0.1) is 5.92 Å². The van der Waals surface area contributed by atoms with Crippen molar-refractivity contribution in [1.29, 1.82) is 0 Å². The van der Waals surface area contributed by atoms with Crippen LogP contribution in [0.3, 0.4) is 0 Å². The Morgan fingerprint density at radius 3 is 2.36 bits per heavy atom. The Balaban J connectivity index is 1.27. The van der Waals surface area contributed by atoms with E-state index in [0.717, 1.165) is 24.4 Å². The second-order valence-electron chi connectivity index (χ2n) is 12.5. The van der Waals surface area contributed by atoms with Crippen molar-refractivity contribution in [3.63, 3.8) is 0 Å². The van der Waals surface area contributed by atoms with Gasteiger partial charge in [0.1, 0.15) is 11.4 Å². The van der Waals surface area contributed by atoms with Gasteiger partial charge in [-0.2, -0.15) is 0 Å². The number of hydrogen-bond acceptors (Lipinski definition) is 4. The molecule has 1 aromatic heterocycles. The molecule has 6 heteroatoms. The van der Waals surface area contributed by atoms with Gasteiger partial charge in [0, 0.05) is 44.7 Å². The molecule has 6 nitrogen and oxygen atoms in total. The van der Waals surface area contributed by atoms with Gasteiger partial charge in [0.05, 0.1) is 11.0 Å². The highest BCUT2D eigenvalue weighted by molar-refractivity contribution is 5.76. The molecule has 2 aliphatic heterocycles. The molecule has 1 aliphatic carbocycles. The molecule has 1 amide bonds. The monoisotopic (exact) mass is 494 g/mol. The van der Waals surface area contributed by atoms with Gasteiger partial charge in [0.2, 0.25) is 0 Å². The van der Waals surface area contributed by atoms with E-state index in [1.165, 1.54) is 88.8 Å². The Labute approximate surface area is 217 Å². The third-order valence-electron chi connectivity index (χ3n) is 8.49. The highest BCUT2D eigenvalue weighted by atomic mass is 16.6. The Morgan fingerprint density at radius 1 is 0.944 bits per heavy atom. The minimum atomic E-state index is -0.466. The van der Waals surface area contributed by atoms with E-state index in [4.69, 9.17) is 9.72 Å². The number of rotatable bonds is 4. The first-order chi connectivity index (χ1) is 17.4. The Kier molecular flexibility index (Phi) is 7.90. The van der Waals surface area contributed by atoms with Crippen LogP contribution in [0.2, 0.25) is 0 Å². The van der Waals surface area contributed by atoms with Gasteiger partial charge in [0.25, 0.3) is 0 Å². The van der Waals surface area contributed by atoms with Gasteiger partial charge < -0.3 is 19.1 Å². The van der Waals surface area contributed by atoms with Crippen molar-refractivity contribution in [2.45, 2.75) is 103 Å². The standard InChI is InChI=1S/C30H46N4O2/c1-30(2,3)36-29(35)33-20-15-24(22-33)28-31-26-13-9-10-14-27(26)34(28)25-16-18-32(19-17-25)21-23-11-7-5-4-6-8-12-23/h9-10,13-14,23-25H,4-8,11-12,15-22H2,1-3H3/t24-/m1/s1. The van der Waals surface area contributed by atoms with Crippen LogP contribution in [0.25, 0.3) is 11.0 Å². The lowest BCUT2D eigenvalue weighted by atomic mass is 9.90. The molecule has 0 radical (unpaired) electrons. The van der Waals surface area contributed by atoms with Gasteiger partial charge in [0.15, 0.2) is 0 Å². The summed E-state index contributed by atoms with van der Waals surface area (Å²) < 4.78 is 8.20. The predicted molar refractivity (Wildman–Crippen MR) is 145 cm³/mol. The number of amides is 1. The first-order valence-corrected chi connectivity index (χ1v) is 14.5. The molecular weight excluding hydrogens is 448 g/mol. The van der Waals surface area contributed by atoms with Crippen LogP contribution in [0.4, 0.5) is 4.79 Å². The number of ether oxygens (including phenoxy) is 1. The van der Waals surface area contributed by atoms with E-state index >= 15 is 0 Å². The first-order valence-electron chi connectivity index (χ1n) is 14.5. The summed E-state index contributed by atoms with van der Waals surface area (Å²) in [5, 5.41) is 0. The predicted octanol–water partition coefficient (Wildman–Crippen LogP) is 6.76. The Morgan fingerprint density at radius 2 is 1.64 bits per heavy atom. The van der Waals surface area contributed by atoms with E-state index in [-0.39, 0.29) is 12.0 Å². The number of carbonyl (C=O) groups excluding carboxylic acids is 1. The number of para-hydroxylation sites is 2. The minimum absolute atomic E-state index is 0.199. The average molecular weight is 495 g/mol. The summed E-state index contributed by atoms with van der Waals surface area (Å²) in [7, 11) is 0. The zero-order chi connectivity index (χ0) is 25.1. The van der Waals surface area contributed by atoms with Crippen LogP contribution in [-0.4, -0.2) is 63.8 Å². The fourth-order valence-electron chi connectivity index (χ4n) is 6.65. The summed E-state index contributed by atoms with van der Waals surface area (Å²) in [5.41, 5.74) is 1.87. The molecular formula is C30H46N4O2. The molecule has 1 atom stereocenters. The lowest BCUT2D eigenvalue weighted by Crippen LogP contribution is -2.38. The molecule has 0 bridgehead atoms. The Bertz CT molecular complexity index is 1010. The molecule has 0 unspecified atom stereocenters. The third kappa shape index (κ3) is 6.07. The summed E-state index contributed by atoms with van der Waals surface area (Å²) in [4.78, 5) is 22.5. The van der Waals surface area contributed by atoms with Crippen LogP contribution in [0.5, 0.6) is 0 Å². The zero-order valence-corrected chi connectivity index (χ0v) is 22.8. The number of piperidine rings is 1. The van der Waals surface area contributed by atoms with E-state index in [0.29, 0.717) is 12.6 Å². The van der Waals surface area contributed by atoms with Gasteiger partial charge in [-0.05, 0) is 70.9 Å². The van der Waals surface area contributed by atoms with Gasteiger partial charge in [-0.25, -0.2) is 9.78 Å². The number of hydrogen-bond donors (Lipinski definition) is 0. The fourth-order valence-corrected chi connectivity index (χ4v) is 6.65. The average Bonchev–Trinajstić information content (AvgIpc) is 3.45. The van der Waals surface area contributed by atoms with Crippen LogP contribution in [0.1, 0.15) is 103 Å². The van der Waals surface area contributed by atoms with Crippen molar-refractivity contribution in [3.05, 3.63) is 30.1 Å². The number of aromatic nitrogens is 2. The summed E-state index contributed by atoms with van der Waals surface area (Å²) in [5.74, 6) is 2.32. The van der Waals surface area contributed by atoms with Crippen LogP contribution < -0.4 is 0 Å². The normalized spacial score (nSPS) is 23.6. The van der Waals surface area contributed by atoms with Crippen LogP contribution in [-0.2, 0) is 4.74 Å². The maximum Gasteiger partial charge on any atom is 0.410 e. The van der Waals surface area contributed by atoms with Gasteiger partial charge >= 0.3 is 6.09 Å². The van der Waals surface area contributed by atoms with E-state index < -0.39 is 5.60 Å². The quantitative estimate of drug-likeness (QED) is 0.471. The second kappa shape index (κ2) is 11.1. The topological polar surface area (TPSA) is 50.6 Å². The van der Waals surface area contributed by atoms with E-state index in [2.05, 4.69) is 33.7 Å². The number of fused-ring (bicyclic) bond motifs is 1. The number of carbonyl (C=O) groups is 1. The van der Waals surface area contributed by atoms with Gasteiger partial charge in [-0.15, -0.1) is 0 Å². The lowest BCUT2D eigenvalue weighted by molar-refractivity contribution is 0.0292. The van der Waals surface area contributed by atoms with Gasteiger partial charge in [-0.1, -0.05) is 44.2 Å². The molecule has 5 rings (SSSR count). The summed E-state index contributed by atoms with van der Waals surface area (Å²) >= 11 is 0. The van der Waals surface area contributed by atoms with Crippen molar-refractivity contribution in [1.82, 2.24) is 19.4 Å². The third-order valence-corrected chi connectivity index (χ3v) is 8.49. The molecule has 198 valence electrons. The molecule has 0 spiro atoms. The zero-order valence-electron chi connectivity index (χ0n) is 22.8. The van der Waals surface area contributed by atoms with Crippen LogP contribution >= 0.6 is 0 Å². The molecule has 3 heterocycles. The smallest absolute Gasteiger partial charge is 0.410 e. The maximum atomic E-state index is 12.7. The largest absolute Gasteiger partial charge is 0.444 e. The molecule has 2 aromatic rings. The van der Waals surface area contributed by atoms with E-state index in [1.54, 1.807) is 0 Å². The molecule has 36 heavy (non-hydrogen) atoms. The van der Waals surface area contributed by atoms with Crippen molar-refractivity contribution >= 4 is 17.1 Å². The number of benzene rings is 1. The highest BCUT2D eigenvalue weighted by Gasteiger charge is 2.35. The number of imidazole rings is 1. The van der Waals surface area contributed by atoms with E-state index in [1.807, 2.05) is 25.7 Å². The van der Waals surface area contributed by atoms with Crippen molar-refractivity contribution in [2.24, 2.45) is 5.92 Å². The summed E-state index contributed by atoms with van der Waals surface area (Å²) in [6, 6.07) is 9.07. The molecule has 2 saturated heterocycles. The molecule has 1 saturated carbocycles. The Hall–Kier alpha value is -2.08.